The van der Waals surface area contributed by atoms with Gasteiger partial charge in [-0.1, -0.05) is 0 Å². The Morgan fingerprint density at radius 1 is 1.15 bits per heavy atom. The number of hydrogen-bond donors (Lipinski definition) is 5. The van der Waals surface area contributed by atoms with E-state index in [2.05, 4.69) is 0 Å². The first-order valence-electron chi connectivity index (χ1n) is 3.64. The van der Waals surface area contributed by atoms with Crippen molar-refractivity contribution in [3.63, 3.8) is 0 Å². The van der Waals surface area contributed by atoms with Crippen molar-refractivity contribution in [2.75, 3.05) is 6.61 Å². The van der Waals surface area contributed by atoms with Crippen molar-refractivity contribution < 1.29 is 25.2 Å². The van der Waals surface area contributed by atoms with Crippen LogP contribution in [0.25, 0.3) is 0 Å². The zero-order chi connectivity index (χ0) is 9.30. The van der Waals surface area contributed by atoms with E-state index in [-0.39, 0.29) is 17.0 Å². The number of nitrogens with two attached hydrogens (primary N) is 1. The smallest absolute Gasteiger partial charge is 0.173 e. The Labute approximate surface area is 85.7 Å². The third-order valence-corrected chi connectivity index (χ3v) is 1.95. The van der Waals surface area contributed by atoms with Gasteiger partial charge >= 0.3 is 0 Å². The molecule has 6 N–H and O–H groups in total. The Kier molecular flexibility index (Phi) is 5.30. The maximum absolute atomic E-state index is 9.20. The van der Waals surface area contributed by atoms with Crippen LogP contribution < -0.4 is 5.73 Å². The fourth-order valence-corrected chi connectivity index (χ4v) is 1.12. The molecule has 0 aromatic carbocycles. The van der Waals surface area contributed by atoms with E-state index < -0.39 is 37.3 Å². The minimum atomic E-state index is -1.35. The Bertz CT molecular complexity index is 155. The van der Waals surface area contributed by atoms with Gasteiger partial charge in [0.2, 0.25) is 0 Å². The Morgan fingerprint density at radius 2 is 1.69 bits per heavy atom. The van der Waals surface area contributed by atoms with Gasteiger partial charge in [-0.3, -0.25) is 0 Å². The van der Waals surface area contributed by atoms with E-state index in [1.807, 2.05) is 0 Å². The molecule has 1 rings (SSSR count). The van der Waals surface area contributed by atoms with Gasteiger partial charge in [-0.2, -0.15) is 0 Å². The lowest BCUT2D eigenvalue weighted by molar-refractivity contribution is -0.248. The fourth-order valence-electron chi connectivity index (χ4n) is 1.12. The molecule has 0 aromatic rings. The lowest BCUT2D eigenvalue weighted by Crippen LogP contribution is -2.61. The third-order valence-electron chi connectivity index (χ3n) is 1.95. The Hall–Kier alpha value is 0.240. The second-order valence-corrected chi connectivity index (χ2v) is 2.81. The molecule has 0 spiro atoms. The van der Waals surface area contributed by atoms with E-state index in [1.54, 1.807) is 0 Å². The summed E-state index contributed by atoms with van der Waals surface area (Å²) >= 11 is 0. The summed E-state index contributed by atoms with van der Waals surface area (Å²) in [7, 11) is 0. The zero-order valence-electron chi connectivity index (χ0n) is 6.78. The van der Waals surface area contributed by atoms with Crippen molar-refractivity contribution in [3.05, 3.63) is 0 Å². The Balaban J connectivity index is 0.00000144. The highest BCUT2D eigenvalue weighted by Crippen LogP contribution is 2.17. The lowest BCUT2D eigenvalue weighted by Gasteiger charge is -2.38. The highest BCUT2D eigenvalue weighted by atomic mass is 79.9. The van der Waals surface area contributed by atoms with Gasteiger partial charge in [-0.25, -0.2) is 0 Å². The van der Waals surface area contributed by atoms with E-state index in [4.69, 9.17) is 20.7 Å². The maximum Gasteiger partial charge on any atom is 0.173 e. The summed E-state index contributed by atoms with van der Waals surface area (Å²) in [6, 6.07) is -1.04. The van der Waals surface area contributed by atoms with Crippen LogP contribution in [0.5, 0.6) is 0 Å². The number of aliphatic hydroxyl groups is 4. The third kappa shape index (κ3) is 2.59. The summed E-state index contributed by atoms with van der Waals surface area (Å²) < 4.78 is 4.70. The molecule has 1 saturated heterocycles. The summed E-state index contributed by atoms with van der Waals surface area (Å²) in [5.41, 5.74) is 5.26. The predicted molar refractivity (Wildman–Crippen MR) is 48.3 cm³/mol. The summed E-state index contributed by atoms with van der Waals surface area (Å²) in [6.45, 7) is -0.470. The maximum atomic E-state index is 9.20. The molecule has 0 bridgehead atoms. The molecule has 7 heteroatoms. The summed E-state index contributed by atoms with van der Waals surface area (Å²) in [5, 5.41) is 36.1. The first-order chi connectivity index (χ1) is 5.57. The van der Waals surface area contributed by atoms with Gasteiger partial charge in [-0.15, -0.1) is 17.0 Å². The Morgan fingerprint density at radius 3 is 2.15 bits per heavy atom. The predicted octanol–water partition coefficient (Wildman–Crippen LogP) is -2.68. The van der Waals surface area contributed by atoms with Crippen LogP contribution in [0.1, 0.15) is 0 Å². The van der Waals surface area contributed by atoms with Crippen LogP contribution in [0.3, 0.4) is 0 Å². The summed E-state index contributed by atoms with van der Waals surface area (Å²) in [5.74, 6) is 0. The average molecular weight is 260 g/mol. The van der Waals surface area contributed by atoms with Gasteiger partial charge in [-0.05, 0) is 0 Å². The monoisotopic (exact) mass is 259 g/mol. The molecule has 1 unspecified atom stereocenters. The second-order valence-electron chi connectivity index (χ2n) is 2.81. The highest BCUT2D eigenvalue weighted by molar-refractivity contribution is 8.93. The van der Waals surface area contributed by atoms with E-state index in [1.165, 1.54) is 0 Å². The molecule has 0 saturated carbocycles. The first kappa shape index (κ1) is 13.2. The van der Waals surface area contributed by atoms with Gasteiger partial charge in [0.15, 0.2) is 6.29 Å². The fraction of sp³-hybridized carbons (Fsp3) is 1.00. The summed E-state index contributed by atoms with van der Waals surface area (Å²) in [6.07, 6.45) is -4.85. The molecule has 0 aliphatic carbocycles. The molecule has 1 aliphatic rings. The molecule has 13 heavy (non-hydrogen) atoms. The normalized spacial score (nSPS) is 45.5. The van der Waals surface area contributed by atoms with Gasteiger partial charge in [0.05, 0.1) is 12.6 Å². The first-order valence-corrected chi connectivity index (χ1v) is 3.64. The number of aliphatic hydroxyl groups excluding tert-OH is 4. The molecule has 1 heterocycles. The van der Waals surface area contributed by atoms with Crippen LogP contribution in [0, 0.1) is 0 Å². The van der Waals surface area contributed by atoms with Crippen molar-refractivity contribution in [1.29, 1.82) is 0 Å². The minimum absolute atomic E-state index is 0. The highest BCUT2D eigenvalue weighted by Gasteiger charge is 2.41. The molecule has 0 radical (unpaired) electrons. The number of rotatable bonds is 1. The van der Waals surface area contributed by atoms with Gasteiger partial charge in [0.25, 0.3) is 0 Å². The number of ether oxygens (including phenoxy) is 1. The number of hydrogen-bond acceptors (Lipinski definition) is 6. The minimum Gasteiger partial charge on any atom is -0.394 e. The van der Waals surface area contributed by atoms with Crippen molar-refractivity contribution >= 4 is 17.0 Å². The molecular weight excluding hydrogens is 246 g/mol. The van der Waals surface area contributed by atoms with E-state index in [0.29, 0.717) is 0 Å². The molecule has 6 nitrogen and oxygen atoms in total. The van der Waals surface area contributed by atoms with Crippen molar-refractivity contribution in [1.82, 2.24) is 0 Å². The topological polar surface area (TPSA) is 116 Å². The zero-order valence-corrected chi connectivity index (χ0v) is 8.49. The van der Waals surface area contributed by atoms with E-state index >= 15 is 0 Å². The number of halogens is 1. The SMILES string of the molecule is Br.N[C@@H]1C(O)O[C@@H](CO)[C@H](O)[C@H]1O. The largest absolute Gasteiger partial charge is 0.394 e. The van der Waals surface area contributed by atoms with Crippen LogP contribution in [0.15, 0.2) is 0 Å². The van der Waals surface area contributed by atoms with E-state index in [9.17, 15) is 10.2 Å². The van der Waals surface area contributed by atoms with Gasteiger partial charge < -0.3 is 30.9 Å². The van der Waals surface area contributed by atoms with Gasteiger partial charge in [0, 0.05) is 0 Å². The van der Waals surface area contributed by atoms with Crippen LogP contribution in [-0.4, -0.2) is 57.7 Å². The van der Waals surface area contributed by atoms with E-state index in [0.717, 1.165) is 0 Å². The molecule has 0 amide bonds. The quantitative estimate of drug-likeness (QED) is 0.351. The van der Waals surface area contributed by atoms with Crippen LogP contribution in [-0.2, 0) is 4.74 Å². The molecule has 1 fully saturated rings. The van der Waals surface area contributed by atoms with Crippen molar-refractivity contribution in [2.45, 2.75) is 30.6 Å². The average Bonchev–Trinajstić information content (AvgIpc) is 2.08. The lowest BCUT2D eigenvalue weighted by atomic mass is 9.98. The van der Waals surface area contributed by atoms with Crippen molar-refractivity contribution in [3.8, 4) is 0 Å². The van der Waals surface area contributed by atoms with Crippen LogP contribution in [0.2, 0.25) is 0 Å². The molecule has 80 valence electrons. The molecule has 5 atom stereocenters. The molecule has 0 aromatic heterocycles. The summed E-state index contributed by atoms with van der Waals surface area (Å²) in [4.78, 5) is 0. The second kappa shape index (κ2) is 5.20. The molecule has 1 aliphatic heterocycles. The van der Waals surface area contributed by atoms with Gasteiger partial charge in [0.1, 0.15) is 18.3 Å². The van der Waals surface area contributed by atoms with Crippen molar-refractivity contribution in [2.24, 2.45) is 5.73 Å². The van der Waals surface area contributed by atoms with Crippen LogP contribution in [0.4, 0.5) is 0 Å². The standard InChI is InChI=1S/C6H13NO5.BrH/c7-3-5(10)4(9)2(1-8)12-6(3)11;/h2-6,8-11H,1,7H2;1H/t2-,3-,4-,5-,6?;/m0./s1. The molecular formula is C6H14BrNO5. The van der Waals surface area contributed by atoms with Crippen LogP contribution >= 0.6 is 17.0 Å².